The van der Waals surface area contributed by atoms with E-state index in [4.69, 9.17) is 5.26 Å². The number of carbonyl (C=O) groups is 3. The standard InChI is InChI=1S/C18H20N4O3/c1-12-6-4-5-9-18(12)16(24)22(17(25)21-18)11-15(23)20-14-8-3-2-7-13(14)10-19/h2-3,7-8,12H,4-6,9,11H2,1H3,(H,20,23)(H,21,25)/t12-,18+/m1/s1. The number of hydrogen-bond donors (Lipinski definition) is 2. The summed E-state index contributed by atoms with van der Waals surface area (Å²) in [5.41, 5.74) is -0.187. The summed E-state index contributed by atoms with van der Waals surface area (Å²) >= 11 is 0. The largest absolute Gasteiger partial charge is 0.325 e. The molecule has 7 heteroatoms. The van der Waals surface area contributed by atoms with Gasteiger partial charge in [-0.1, -0.05) is 31.9 Å². The van der Waals surface area contributed by atoms with Crippen LogP contribution in [0.15, 0.2) is 24.3 Å². The second-order valence-corrected chi connectivity index (χ2v) is 6.65. The van der Waals surface area contributed by atoms with Gasteiger partial charge < -0.3 is 10.6 Å². The molecule has 2 atom stereocenters. The van der Waals surface area contributed by atoms with Crippen molar-refractivity contribution >= 4 is 23.5 Å². The minimum atomic E-state index is -0.875. The predicted octanol–water partition coefficient (Wildman–Crippen LogP) is 2.00. The van der Waals surface area contributed by atoms with E-state index in [0.717, 1.165) is 24.2 Å². The number of amides is 4. The summed E-state index contributed by atoms with van der Waals surface area (Å²) < 4.78 is 0. The number of benzene rings is 1. The molecule has 0 aromatic heterocycles. The molecule has 1 aliphatic heterocycles. The van der Waals surface area contributed by atoms with Crippen molar-refractivity contribution in [2.24, 2.45) is 5.92 Å². The van der Waals surface area contributed by atoms with Crippen molar-refractivity contribution in [1.29, 1.82) is 5.26 Å². The van der Waals surface area contributed by atoms with Gasteiger partial charge in [0.05, 0.1) is 11.3 Å². The summed E-state index contributed by atoms with van der Waals surface area (Å²) in [6.45, 7) is 1.60. The number of carbonyl (C=O) groups excluding carboxylic acids is 3. The maximum Gasteiger partial charge on any atom is 0.325 e. The van der Waals surface area contributed by atoms with E-state index in [0.29, 0.717) is 17.7 Å². The third-order valence-corrected chi connectivity index (χ3v) is 5.12. The van der Waals surface area contributed by atoms with E-state index in [9.17, 15) is 14.4 Å². The molecule has 2 fully saturated rings. The molecule has 1 aliphatic carbocycles. The lowest BCUT2D eigenvalue weighted by atomic mass is 9.73. The first-order chi connectivity index (χ1) is 12.0. The molecule has 2 aliphatic rings. The summed E-state index contributed by atoms with van der Waals surface area (Å²) in [6, 6.07) is 8.05. The summed E-state index contributed by atoms with van der Waals surface area (Å²) in [7, 11) is 0. The molecule has 1 aromatic rings. The number of para-hydroxylation sites is 1. The molecule has 25 heavy (non-hydrogen) atoms. The Morgan fingerprint density at radius 1 is 1.40 bits per heavy atom. The fourth-order valence-corrected chi connectivity index (χ4v) is 3.66. The Balaban J connectivity index is 1.72. The van der Waals surface area contributed by atoms with E-state index < -0.39 is 17.5 Å². The van der Waals surface area contributed by atoms with Gasteiger partial charge in [0, 0.05) is 0 Å². The van der Waals surface area contributed by atoms with Crippen LogP contribution >= 0.6 is 0 Å². The lowest BCUT2D eigenvalue weighted by Crippen LogP contribution is -2.54. The number of nitrogens with zero attached hydrogens (tertiary/aromatic N) is 2. The van der Waals surface area contributed by atoms with Crippen molar-refractivity contribution in [3.8, 4) is 6.07 Å². The molecular formula is C18H20N4O3. The van der Waals surface area contributed by atoms with Crippen molar-refractivity contribution in [3.63, 3.8) is 0 Å². The molecule has 0 bridgehead atoms. The van der Waals surface area contributed by atoms with Gasteiger partial charge in [0.1, 0.15) is 18.2 Å². The van der Waals surface area contributed by atoms with Crippen molar-refractivity contribution in [3.05, 3.63) is 29.8 Å². The van der Waals surface area contributed by atoms with Gasteiger partial charge >= 0.3 is 6.03 Å². The van der Waals surface area contributed by atoms with E-state index in [1.54, 1.807) is 24.3 Å². The van der Waals surface area contributed by atoms with Crippen LogP contribution < -0.4 is 10.6 Å². The topological polar surface area (TPSA) is 102 Å². The number of rotatable bonds is 3. The van der Waals surface area contributed by atoms with Crippen LogP contribution in [0, 0.1) is 17.2 Å². The van der Waals surface area contributed by atoms with Crippen LogP contribution in [0.3, 0.4) is 0 Å². The third-order valence-electron chi connectivity index (χ3n) is 5.12. The van der Waals surface area contributed by atoms with Crippen LogP contribution in [0.4, 0.5) is 10.5 Å². The Bertz CT molecular complexity index is 770. The fraction of sp³-hybridized carbons (Fsp3) is 0.444. The smallest absolute Gasteiger partial charge is 0.323 e. The Morgan fingerprint density at radius 3 is 2.88 bits per heavy atom. The molecule has 0 unspecified atom stereocenters. The van der Waals surface area contributed by atoms with Gasteiger partial charge in [-0.05, 0) is 30.9 Å². The number of imide groups is 1. The van der Waals surface area contributed by atoms with Crippen molar-refractivity contribution < 1.29 is 14.4 Å². The number of urea groups is 1. The van der Waals surface area contributed by atoms with Crippen LogP contribution in [-0.4, -0.2) is 34.8 Å². The second-order valence-electron chi connectivity index (χ2n) is 6.65. The molecule has 3 rings (SSSR count). The monoisotopic (exact) mass is 340 g/mol. The Labute approximate surface area is 146 Å². The van der Waals surface area contributed by atoms with E-state index in [-0.39, 0.29) is 18.4 Å². The SMILES string of the molecule is C[C@@H]1CCCC[C@]12NC(=O)N(CC(=O)Nc1ccccc1C#N)C2=O. The van der Waals surface area contributed by atoms with Crippen LogP contribution in [0.2, 0.25) is 0 Å². The van der Waals surface area contributed by atoms with Gasteiger partial charge in [-0.2, -0.15) is 5.26 Å². The zero-order chi connectivity index (χ0) is 18.0. The molecule has 1 aromatic carbocycles. The fourth-order valence-electron chi connectivity index (χ4n) is 3.66. The first-order valence-electron chi connectivity index (χ1n) is 8.41. The van der Waals surface area contributed by atoms with Gasteiger partial charge in [0.2, 0.25) is 5.91 Å². The summed E-state index contributed by atoms with van der Waals surface area (Å²) in [4.78, 5) is 38.4. The lowest BCUT2D eigenvalue weighted by Gasteiger charge is -2.36. The maximum atomic E-state index is 12.8. The molecule has 1 heterocycles. The van der Waals surface area contributed by atoms with Crippen LogP contribution in [-0.2, 0) is 9.59 Å². The summed E-state index contributed by atoms with van der Waals surface area (Å²) in [5, 5.41) is 14.5. The normalized spacial score (nSPS) is 25.6. The molecule has 1 saturated carbocycles. The average molecular weight is 340 g/mol. The van der Waals surface area contributed by atoms with Gasteiger partial charge in [-0.25, -0.2) is 4.79 Å². The van der Waals surface area contributed by atoms with Crippen molar-refractivity contribution in [2.45, 2.75) is 38.1 Å². The quantitative estimate of drug-likeness (QED) is 0.822. The zero-order valence-corrected chi connectivity index (χ0v) is 14.0. The molecule has 130 valence electrons. The number of anilines is 1. The van der Waals surface area contributed by atoms with E-state index in [2.05, 4.69) is 10.6 Å². The van der Waals surface area contributed by atoms with Crippen LogP contribution in [0.25, 0.3) is 0 Å². The maximum absolute atomic E-state index is 12.8. The molecule has 1 saturated heterocycles. The minimum Gasteiger partial charge on any atom is -0.323 e. The first kappa shape index (κ1) is 17.0. The molecule has 0 radical (unpaired) electrons. The van der Waals surface area contributed by atoms with E-state index >= 15 is 0 Å². The highest BCUT2D eigenvalue weighted by atomic mass is 16.2. The van der Waals surface area contributed by atoms with E-state index in [1.807, 2.05) is 13.0 Å². The Morgan fingerprint density at radius 2 is 2.16 bits per heavy atom. The number of hydrogen-bond acceptors (Lipinski definition) is 4. The van der Waals surface area contributed by atoms with Crippen molar-refractivity contribution in [2.75, 3.05) is 11.9 Å². The number of nitrogens with one attached hydrogen (secondary N) is 2. The highest BCUT2D eigenvalue weighted by Gasteiger charge is 2.55. The van der Waals surface area contributed by atoms with Gasteiger partial charge in [0.15, 0.2) is 0 Å². The third kappa shape index (κ3) is 2.95. The Hall–Kier alpha value is -2.88. The first-order valence-corrected chi connectivity index (χ1v) is 8.41. The van der Waals surface area contributed by atoms with Gasteiger partial charge in [-0.15, -0.1) is 0 Å². The minimum absolute atomic E-state index is 0.0464. The molecule has 7 nitrogen and oxygen atoms in total. The lowest BCUT2D eigenvalue weighted by molar-refractivity contribution is -0.136. The van der Waals surface area contributed by atoms with Crippen molar-refractivity contribution in [1.82, 2.24) is 10.2 Å². The zero-order valence-electron chi connectivity index (χ0n) is 14.0. The van der Waals surface area contributed by atoms with Crippen LogP contribution in [0.5, 0.6) is 0 Å². The molecule has 1 spiro atoms. The molecular weight excluding hydrogens is 320 g/mol. The average Bonchev–Trinajstić information content (AvgIpc) is 2.83. The highest BCUT2D eigenvalue weighted by Crippen LogP contribution is 2.38. The van der Waals surface area contributed by atoms with Gasteiger partial charge in [0.25, 0.3) is 5.91 Å². The summed E-state index contributed by atoms with van der Waals surface area (Å²) in [6.07, 6.45) is 3.40. The second kappa shape index (κ2) is 6.55. The van der Waals surface area contributed by atoms with Crippen LogP contribution in [0.1, 0.15) is 38.2 Å². The molecule has 4 amide bonds. The predicted molar refractivity (Wildman–Crippen MR) is 90.4 cm³/mol. The summed E-state index contributed by atoms with van der Waals surface area (Å²) in [5.74, 6) is -0.787. The van der Waals surface area contributed by atoms with E-state index in [1.165, 1.54) is 0 Å². The number of nitriles is 1. The molecule has 2 N–H and O–H groups in total. The Kier molecular flexibility index (Phi) is 4.45. The van der Waals surface area contributed by atoms with Gasteiger partial charge in [-0.3, -0.25) is 14.5 Å². The highest BCUT2D eigenvalue weighted by molar-refractivity contribution is 6.10.